The van der Waals surface area contributed by atoms with Crippen LogP contribution in [0.3, 0.4) is 0 Å². The number of carbonyl (C=O) groups excluding carboxylic acids is 1. The normalized spacial score (nSPS) is 14.5. The highest BCUT2D eigenvalue weighted by Gasteiger charge is 2.25. The molecule has 2 heterocycles. The molecule has 1 aliphatic heterocycles. The maximum atomic E-state index is 12.8. The Morgan fingerprint density at radius 1 is 0.824 bits per heavy atom. The van der Waals surface area contributed by atoms with Crippen LogP contribution in [0.25, 0.3) is 11.1 Å². The van der Waals surface area contributed by atoms with Crippen molar-refractivity contribution in [1.29, 1.82) is 0 Å². The summed E-state index contributed by atoms with van der Waals surface area (Å²) in [4.78, 5) is 21.1. The van der Waals surface area contributed by atoms with Crippen molar-refractivity contribution in [2.45, 2.75) is 13.1 Å². The van der Waals surface area contributed by atoms with Gasteiger partial charge in [0.15, 0.2) is 0 Å². The topological polar surface area (TPSA) is 41.4 Å². The van der Waals surface area contributed by atoms with Crippen molar-refractivity contribution in [2.24, 2.45) is 0 Å². The lowest BCUT2D eigenvalue weighted by Crippen LogP contribution is -2.50. The highest BCUT2D eigenvalue weighted by atomic mass is 35.5. The van der Waals surface area contributed by atoms with Crippen molar-refractivity contribution in [3.8, 4) is 11.1 Å². The molecule has 0 atom stereocenters. The van der Waals surface area contributed by atoms with Crippen LogP contribution in [0, 0.1) is 0 Å². The Hall–Kier alpha value is -3.12. The third-order valence-electron chi connectivity index (χ3n) is 6.09. The quantitative estimate of drug-likeness (QED) is 0.345. The fourth-order valence-electron chi connectivity index (χ4n) is 4.27. The third kappa shape index (κ3) is 5.17. The molecule has 1 fully saturated rings. The molecule has 0 spiro atoms. The second-order valence-corrected chi connectivity index (χ2v) is 9.33. The zero-order chi connectivity index (χ0) is 23.5. The van der Waals surface area contributed by atoms with Gasteiger partial charge in [0, 0.05) is 48.1 Å². The van der Waals surface area contributed by atoms with E-state index in [0.717, 1.165) is 40.6 Å². The van der Waals surface area contributed by atoms with E-state index in [2.05, 4.69) is 38.7 Å². The van der Waals surface area contributed by atoms with Crippen LogP contribution in [0.5, 0.6) is 0 Å². The molecule has 34 heavy (non-hydrogen) atoms. The number of amides is 1. The van der Waals surface area contributed by atoms with Gasteiger partial charge in [0.2, 0.25) is 5.91 Å². The van der Waals surface area contributed by atoms with Gasteiger partial charge in [-0.25, -0.2) is 4.98 Å². The van der Waals surface area contributed by atoms with Gasteiger partial charge in [-0.15, -0.1) is 0 Å². The summed E-state index contributed by atoms with van der Waals surface area (Å²) in [6, 6.07) is 23.8. The Balaban J connectivity index is 1.22. The van der Waals surface area contributed by atoms with Crippen LogP contribution >= 0.6 is 23.2 Å². The van der Waals surface area contributed by atoms with Crippen LogP contribution in [0.1, 0.15) is 11.3 Å². The SMILES string of the molecule is O=C1CN(Cc2cncn2Cc2ccc(-c3ccc(Cl)cc3)cc2)CCN1c1cccc(Cl)c1. The minimum atomic E-state index is 0.0809. The van der Waals surface area contributed by atoms with Gasteiger partial charge in [-0.2, -0.15) is 0 Å². The molecule has 4 aromatic rings. The molecule has 1 saturated heterocycles. The molecule has 0 N–H and O–H groups in total. The highest BCUT2D eigenvalue weighted by Crippen LogP contribution is 2.24. The molecule has 0 bridgehead atoms. The number of nitrogens with zero attached hydrogens (tertiary/aromatic N) is 4. The van der Waals surface area contributed by atoms with Crippen molar-refractivity contribution >= 4 is 34.8 Å². The lowest BCUT2D eigenvalue weighted by atomic mass is 10.0. The Bertz CT molecular complexity index is 1280. The summed E-state index contributed by atoms with van der Waals surface area (Å²) in [5.41, 5.74) is 5.43. The first-order valence-electron chi connectivity index (χ1n) is 11.2. The van der Waals surface area contributed by atoms with Gasteiger partial charge in [0.25, 0.3) is 0 Å². The lowest BCUT2D eigenvalue weighted by Gasteiger charge is -2.34. The molecule has 0 radical (unpaired) electrons. The molecule has 172 valence electrons. The van der Waals surface area contributed by atoms with E-state index < -0.39 is 0 Å². The van der Waals surface area contributed by atoms with Crippen molar-refractivity contribution < 1.29 is 4.79 Å². The molecule has 0 unspecified atom stereocenters. The van der Waals surface area contributed by atoms with E-state index in [9.17, 15) is 4.79 Å². The van der Waals surface area contributed by atoms with Gasteiger partial charge < -0.3 is 9.47 Å². The highest BCUT2D eigenvalue weighted by molar-refractivity contribution is 6.31. The van der Waals surface area contributed by atoms with Crippen LogP contribution in [0.4, 0.5) is 5.69 Å². The summed E-state index contributed by atoms with van der Waals surface area (Å²) >= 11 is 12.1. The van der Waals surface area contributed by atoms with E-state index in [-0.39, 0.29) is 5.91 Å². The van der Waals surface area contributed by atoms with Crippen molar-refractivity contribution in [3.05, 3.63) is 107 Å². The van der Waals surface area contributed by atoms with Gasteiger partial charge in [-0.1, -0.05) is 65.7 Å². The van der Waals surface area contributed by atoms with Crippen LogP contribution in [0.2, 0.25) is 10.0 Å². The van der Waals surface area contributed by atoms with Crippen molar-refractivity contribution in [3.63, 3.8) is 0 Å². The summed E-state index contributed by atoms with van der Waals surface area (Å²) in [5.74, 6) is 0.0809. The minimum absolute atomic E-state index is 0.0809. The standard InChI is InChI=1S/C27H24Cl2N4O/c28-23-10-8-22(9-11-23)21-6-4-20(5-7-21)16-32-19-30-15-26(32)17-31-12-13-33(27(34)18-31)25-3-1-2-24(29)14-25/h1-11,14-15,19H,12-13,16-18H2. The molecule has 5 rings (SSSR count). The molecular formula is C27H24Cl2N4O. The molecule has 0 saturated carbocycles. The summed E-state index contributed by atoms with van der Waals surface area (Å²) in [7, 11) is 0. The fraction of sp³-hybridized carbons (Fsp3) is 0.185. The summed E-state index contributed by atoms with van der Waals surface area (Å²) in [6.07, 6.45) is 3.74. The van der Waals surface area contributed by atoms with E-state index in [1.165, 1.54) is 5.56 Å². The average molecular weight is 491 g/mol. The molecule has 5 nitrogen and oxygen atoms in total. The van der Waals surface area contributed by atoms with Crippen LogP contribution < -0.4 is 4.90 Å². The van der Waals surface area contributed by atoms with Gasteiger partial charge in [-0.3, -0.25) is 9.69 Å². The predicted octanol–water partition coefficient (Wildman–Crippen LogP) is 5.75. The molecule has 1 amide bonds. The number of anilines is 1. The Kier molecular flexibility index (Phi) is 6.68. The zero-order valence-electron chi connectivity index (χ0n) is 18.6. The first kappa shape index (κ1) is 22.7. The van der Waals surface area contributed by atoms with E-state index in [4.69, 9.17) is 23.2 Å². The number of hydrogen-bond acceptors (Lipinski definition) is 3. The maximum Gasteiger partial charge on any atom is 0.241 e. The molecule has 0 aliphatic carbocycles. The predicted molar refractivity (Wildman–Crippen MR) is 137 cm³/mol. The first-order valence-corrected chi connectivity index (χ1v) is 11.9. The number of benzene rings is 3. The summed E-state index contributed by atoms with van der Waals surface area (Å²) in [6.45, 7) is 3.21. The van der Waals surface area contributed by atoms with Crippen LogP contribution in [0.15, 0.2) is 85.3 Å². The van der Waals surface area contributed by atoms with E-state index in [0.29, 0.717) is 24.7 Å². The van der Waals surface area contributed by atoms with E-state index >= 15 is 0 Å². The molecule has 3 aromatic carbocycles. The fourth-order valence-corrected chi connectivity index (χ4v) is 4.58. The maximum absolute atomic E-state index is 12.8. The first-order chi connectivity index (χ1) is 16.5. The van der Waals surface area contributed by atoms with E-state index in [1.54, 1.807) is 0 Å². The Morgan fingerprint density at radius 2 is 1.56 bits per heavy atom. The zero-order valence-corrected chi connectivity index (χ0v) is 20.1. The number of piperazine rings is 1. The van der Waals surface area contributed by atoms with Gasteiger partial charge in [-0.05, 0) is 47.0 Å². The molecule has 1 aromatic heterocycles. The van der Waals surface area contributed by atoms with Gasteiger partial charge >= 0.3 is 0 Å². The Labute approximate surface area is 209 Å². The van der Waals surface area contributed by atoms with Crippen molar-refractivity contribution in [1.82, 2.24) is 14.5 Å². The second kappa shape index (κ2) is 10.0. The van der Waals surface area contributed by atoms with Gasteiger partial charge in [0.1, 0.15) is 0 Å². The lowest BCUT2D eigenvalue weighted by molar-refractivity contribution is -0.121. The van der Waals surface area contributed by atoms with Crippen LogP contribution in [-0.4, -0.2) is 40.0 Å². The molecule has 7 heteroatoms. The van der Waals surface area contributed by atoms with E-state index in [1.807, 2.05) is 66.0 Å². The smallest absolute Gasteiger partial charge is 0.241 e. The average Bonchev–Trinajstić information content (AvgIpc) is 3.26. The summed E-state index contributed by atoms with van der Waals surface area (Å²) in [5, 5.41) is 1.37. The Morgan fingerprint density at radius 3 is 2.26 bits per heavy atom. The minimum Gasteiger partial charge on any atom is -0.329 e. The molecular weight excluding hydrogens is 467 g/mol. The number of halogens is 2. The summed E-state index contributed by atoms with van der Waals surface area (Å²) < 4.78 is 2.14. The molecule has 1 aliphatic rings. The van der Waals surface area contributed by atoms with Crippen molar-refractivity contribution in [2.75, 3.05) is 24.5 Å². The number of imidazole rings is 1. The monoisotopic (exact) mass is 490 g/mol. The third-order valence-corrected chi connectivity index (χ3v) is 6.58. The second-order valence-electron chi connectivity index (χ2n) is 8.45. The number of hydrogen-bond donors (Lipinski definition) is 0. The van der Waals surface area contributed by atoms with Crippen LogP contribution in [-0.2, 0) is 17.9 Å². The number of carbonyl (C=O) groups is 1. The van der Waals surface area contributed by atoms with Gasteiger partial charge in [0.05, 0.1) is 18.6 Å². The largest absolute Gasteiger partial charge is 0.329 e. The number of aromatic nitrogens is 2. The number of rotatable bonds is 6.